The Labute approximate surface area is 216 Å². The lowest BCUT2D eigenvalue weighted by Gasteiger charge is -2.13. The fourth-order valence-corrected chi connectivity index (χ4v) is 5.35. The molecule has 2 heteroatoms. The van der Waals surface area contributed by atoms with Crippen molar-refractivity contribution in [1.82, 2.24) is 9.55 Å². The van der Waals surface area contributed by atoms with Crippen LogP contribution in [-0.4, -0.2) is 9.55 Å². The number of aromatic nitrogens is 2. The lowest BCUT2D eigenvalue weighted by Crippen LogP contribution is -1.96. The van der Waals surface area contributed by atoms with E-state index in [1.807, 2.05) is 18.5 Å². The van der Waals surface area contributed by atoms with E-state index in [-0.39, 0.29) is 0 Å². The maximum Gasteiger partial charge on any atom is 0.0645 e. The zero-order valence-electron chi connectivity index (χ0n) is 20.3. The first-order valence-electron chi connectivity index (χ1n) is 12.6. The molecular formula is C35H24N2. The maximum absolute atomic E-state index is 4.47. The third-order valence-corrected chi connectivity index (χ3v) is 7.06. The van der Waals surface area contributed by atoms with Crippen LogP contribution in [0.2, 0.25) is 0 Å². The number of nitrogens with zero attached hydrogens (tertiary/aromatic N) is 2. The highest BCUT2D eigenvalue weighted by molar-refractivity contribution is 6.16. The van der Waals surface area contributed by atoms with Crippen LogP contribution in [0.5, 0.6) is 0 Å². The minimum absolute atomic E-state index is 1.06. The van der Waals surface area contributed by atoms with Crippen LogP contribution in [0.1, 0.15) is 0 Å². The summed E-state index contributed by atoms with van der Waals surface area (Å²) < 4.78 is 2.36. The predicted octanol–water partition coefficient (Wildman–Crippen LogP) is 9.18. The van der Waals surface area contributed by atoms with Crippen molar-refractivity contribution in [2.45, 2.75) is 0 Å². The first-order valence-corrected chi connectivity index (χ1v) is 12.6. The molecule has 0 radical (unpaired) electrons. The smallest absolute Gasteiger partial charge is 0.0645 e. The summed E-state index contributed by atoms with van der Waals surface area (Å²) in [5.74, 6) is 0. The fourth-order valence-electron chi connectivity index (χ4n) is 5.35. The molecule has 174 valence electrons. The monoisotopic (exact) mass is 472 g/mol. The van der Waals surface area contributed by atoms with E-state index >= 15 is 0 Å². The average Bonchev–Trinajstić information content (AvgIpc) is 3.32. The van der Waals surface area contributed by atoms with Gasteiger partial charge in [0.1, 0.15) is 0 Å². The Balaban J connectivity index is 1.64. The SMILES string of the molecule is c1ccc(-c2ccc3c(c2)c2cc(-c4ccccc4)cc(-c4ccccc4)c2n3-c2cccnc2)cc1. The normalized spacial score (nSPS) is 11.2. The van der Waals surface area contributed by atoms with E-state index in [4.69, 9.17) is 0 Å². The number of rotatable bonds is 4. The zero-order valence-corrected chi connectivity index (χ0v) is 20.3. The predicted molar refractivity (Wildman–Crippen MR) is 155 cm³/mol. The molecule has 2 aromatic heterocycles. The first-order chi connectivity index (χ1) is 18.4. The molecule has 5 aromatic carbocycles. The van der Waals surface area contributed by atoms with E-state index in [1.165, 1.54) is 55.2 Å². The molecule has 7 rings (SSSR count). The summed E-state index contributed by atoms with van der Waals surface area (Å²) in [4.78, 5) is 4.47. The van der Waals surface area contributed by atoms with Gasteiger partial charge < -0.3 is 4.57 Å². The molecule has 0 amide bonds. The van der Waals surface area contributed by atoms with Crippen LogP contribution in [0.25, 0.3) is 60.9 Å². The van der Waals surface area contributed by atoms with Crippen molar-refractivity contribution >= 4 is 21.8 Å². The molecule has 0 fully saturated rings. The van der Waals surface area contributed by atoms with E-state index in [1.54, 1.807) is 0 Å². The molecular weight excluding hydrogens is 448 g/mol. The number of pyridine rings is 1. The number of hydrogen-bond acceptors (Lipinski definition) is 1. The summed E-state index contributed by atoms with van der Waals surface area (Å²) in [5.41, 5.74) is 10.7. The van der Waals surface area contributed by atoms with Gasteiger partial charge >= 0.3 is 0 Å². The molecule has 0 saturated carbocycles. The van der Waals surface area contributed by atoms with Crippen LogP contribution < -0.4 is 0 Å². The minimum Gasteiger partial charge on any atom is -0.307 e. The summed E-state index contributed by atoms with van der Waals surface area (Å²) >= 11 is 0. The molecule has 2 nitrogen and oxygen atoms in total. The van der Waals surface area contributed by atoms with Gasteiger partial charge in [0.15, 0.2) is 0 Å². The Morgan fingerprint density at radius 3 is 1.73 bits per heavy atom. The van der Waals surface area contributed by atoms with E-state index in [0.29, 0.717) is 0 Å². The third kappa shape index (κ3) is 3.71. The van der Waals surface area contributed by atoms with Crippen molar-refractivity contribution in [3.63, 3.8) is 0 Å². The summed E-state index contributed by atoms with van der Waals surface area (Å²) in [7, 11) is 0. The van der Waals surface area contributed by atoms with E-state index in [9.17, 15) is 0 Å². The van der Waals surface area contributed by atoms with Gasteiger partial charge in [0.05, 0.1) is 22.9 Å². The quantitative estimate of drug-likeness (QED) is 0.250. The fraction of sp³-hybridized carbons (Fsp3) is 0. The van der Waals surface area contributed by atoms with Gasteiger partial charge in [-0.2, -0.15) is 0 Å². The van der Waals surface area contributed by atoms with Gasteiger partial charge in [-0.05, 0) is 64.2 Å². The van der Waals surface area contributed by atoms with Crippen molar-refractivity contribution in [3.05, 3.63) is 146 Å². The van der Waals surface area contributed by atoms with Gasteiger partial charge in [0.25, 0.3) is 0 Å². The van der Waals surface area contributed by atoms with Crippen LogP contribution in [0.15, 0.2) is 146 Å². The highest BCUT2D eigenvalue weighted by atomic mass is 15.0. The van der Waals surface area contributed by atoms with Gasteiger partial charge in [0.2, 0.25) is 0 Å². The molecule has 0 aliphatic rings. The highest BCUT2D eigenvalue weighted by Gasteiger charge is 2.19. The second-order valence-corrected chi connectivity index (χ2v) is 9.30. The van der Waals surface area contributed by atoms with Crippen LogP contribution in [0.4, 0.5) is 0 Å². The molecule has 0 N–H and O–H groups in total. The molecule has 37 heavy (non-hydrogen) atoms. The minimum atomic E-state index is 1.06. The second-order valence-electron chi connectivity index (χ2n) is 9.30. The second kappa shape index (κ2) is 8.92. The molecule has 0 bridgehead atoms. The number of fused-ring (bicyclic) bond motifs is 3. The third-order valence-electron chi connectivity index (χ3n) is 7.06. The summed E-state index contributed by atoms with van der Waals surface area (Å²) in [6.07, 6.45) is 3.78. The van der Waals surface area contributed by atoms with Crippen molar-refractivity contribution in [2.24, 2.45) is 0 Å². The van der Waals surface area contributed by atoms with E-state index in [0.717, 1.165) is 5.69 Å². The Kier molecular flexibility index (Phi) is 5.15. The van der Waals surface area contributed by atoms with Gasteiger partial charge in [0, 0.05) is 22.5 Å². The van der Waals surface area contributed by atoms with Crippen molar-refractivity contribution < 1.29 is 0 Å². The number of benzene rings is 5. The van der Waals surface area contributed by atoms with Gasteiger partial charge in [-0.3, -0.25) is 4.98 Å². The average molecular weight is 473 g/mol. The van der Waals surface area contributed by atoms with Crippen molar-refractivity contribution in [3.8, 4) is 39.1 Å². The zero-order chi connectivity index (χ0) is 24.6. The Hall–Kier alpha value is -4.95. The maximum atomic E-state index is 4.47. The Morgan fingerprint density at radius 2 is 1.08 bits per heavy atom. The molecule has 0 atom stereocenters. The topological polar surface area (TPSA) is 17.8 Å². The summed E-state index contributed by atoms with van der Waals surface area (Å²) in [6, 6.07) is 47.6. The van der Waals surface area contributed by atoms with Crippen LogP contribution in [-0.2, 0) is 0 Å². The van der Waals surface area contributed by atoms with Crippen LogP contribution in [0.3, 0.4) is 0 Å². The summed E-state index contributed by atoms with van der Waals surface area (Å²) in [6.45, 7) is 0. The van der Waals surface area contributed by atoms with E-state index in [2.05, 4.69) is 137 Å². The lowest BCUT2D eigenvalue weighted by molar-refractivity contribution is 1.14. The van der Waals surface area contributed by atoms with Crippen molar-refractivity contribution in [1.29, 1.82) is 0 Å². The molecule has 7 aromatic rings. The molecule has 0 aliphatic carbocycles. The lowest BCUT2D eigenvalue weighted by atomic mass is 9.95. The van der Waals surface area contributed by atoms with Gasteiger partial charge in [-0.1, -0.05) is 97.1 Å². The van der Waals surface area contributed by atoms with Gasteiger partial charge in [-0.25, -0.2) is 0 Å². The number of hydrogen-bond donors (Lipinski definition) is 0. The Morgan fingerprint density at radius 1 is 0.459 bits per heavy atom. The summed E-state index contributed by atoms with van der Waals surface area (Å²) in [5, 5.41) is 2.46. The molecule has 0 aliphatic heterocycles. The largest absolute Gasteiger partial charge is 0.307 e. The standard InChI is InChI=1S/C35H24N2/c1-4-11-25(12-5-1)28-18-19-34-32(21-28)33-23-29(26-13-6-2-7-14-26)22-31(27-15-8-3-9-16-27)35(33)37(34)30-17-10-20-36-24-30/h1-24H. The van der Waals surface area contributed by atoms with Gasteiger partial charge in [-0.15, -0.1) is 0 Å². The molecule has 0 spiro atoms. The van der Waals surface area contributed by atoms with Crippen LogP contribution in [0, 0.1) is 0 Å². The molecule has 2 heterocycles. The van der Waals surface area contributed by atoms with Crippen molar-refractivity contribution in [2.75, 3.05) is 0 Å². The van der Waals surface area contributed by atoms with Crippen LogP contribution >= 0.6 is 0 Å². The highest BCUT2D eigenvalue weighted by Crippen LogP contribution is 2.42. The molecule has 0 saturated heterocycles. The Bertz CT molecular complexity index is 1840. The first kappa shape index (κ1) is 21.3. The van der Waals surface area contributed by atoms with E-state index < -0.39 is 0 Å². The molecule has 0 unspecified atom stereocenters.